The molecule has 108 valence electrons. The van der Waals surface area contributed by atoms with E-state index < -0.39 is 15.4 Å². The number of hydrogen-bond acceptors (Lipinski definition) is 4. The summed E-state index contributed by atoms with van der Waals surface area (Å²) in [5, 5.41) is 2.76. The molecule has 0 aromatic carbocycles. The highest BCUT2D eigenvalue weighted by molar-refractivity contribution is 7.88. The van der Waals surface area contributed by atoms with Crippen LogP contribution in [0.2, 0.25) is 0 Å². The van der Waals surface area contributed by atoms with Gasteiger partial charge >= 0.3 is 0 Å². The molecule has 1 amide bonds. The molecule has 3 N–H and O–H groups in total. The molecule has 7 heteroatoms. The van der Waals surface area contributed by atoms with Crippen molar-refractivity contribution in [2.24, 2.45) is 11.1 Å². The number of sulfonamides is 1. The van der Waals surface area contributed by atoms with E-state index in [2.05, 4.69) is 5.32 Å². The van der Waals surface area contributed by atoms with Crippen molar-refractivity contribution in [2.45, 2.75) is 27.2 Å². The summed E-state index contributed by atoms with van der Waals surface area (Å²) in [6.45, 7) is 6.93. The fourth-order valence-corrected chi connectivity index (χ4v) is 2.28. The largest absolute Gasteiger partial charge is 0.356 e. The number of nitrogens with one attached hydrogen (secondary N) is 1. The van der Waals surface area contributed by atoms with Gasteiger partial charge in [0, 0.05) is 26.2 Å². The van der Waals surface area contributed by atoms with Crippen LogP contribution in [0.15, 0.2) is 0 Å². The minimum Gasteiger partial charge on any atom is -0.356 e. The smallest absolute Gasteiger partial charge is 0.226 e. The third-order valence-corrected chi connectivity index (χ3v) is 4.20. The predicted molar refractivity (Wildman–Crippen MR) is 72.6 cm³/mol. The van der Waals surface area contributed by atoms with E-state index in [-0.39, 0.29) is 12.5 Å². The van der Waals surface area contributed by atoms with Crippen LogP contribution in [0.3, 0.4) is 0 Å². The Kier molecular flexibility index (Phi) is 6.80. The minimum absolute atomic E-state index is 0.104. The van der Waals surface area contributed by atoms with Crippen molar-refractivity contribution < 1.29 is 13.2 Å². The van der Waals surface area contributed by atoms with Crippen LogP contribution in [-0.2, 0) is 14.8 Å². The molecule has 0 saturated heterocycles. The summed E-state index contributed by atoms with van der Waals surface area (Å²) in [7, 11) is -3.15. The van der Waals surface area contributed by atoms with Gasteiger partial charge < -0.3 is 11.1 Å². The zero-order valence-electron chi connectivity index (χ0n) is 11.7. The van der Waals surface area contributed by atoms with Crippen molar-refractivity contribution in [3.8, 4) is 0 Å². The average molecular weight is 279 g/mol. The summed E-state index contributed by atoms with van der Waals surface area (Å²) in [6, 6.07) is 0. The van der Waals surface area contributed by atoms with E-state index in [9.17, 15) is 13.2 Å². The van der Waals surface area contributed by atoms with Gasteiger partial charge in [-0.2, -0.15) is 0 Å². The first-order chi connectivity index (χ1) is 8.15. The first kappa shape index (κ1) is 17.3. The Labute approximate surface area is 110 Å². The van der Waals surface area contributed by atoms with E-state index in [1.165, 1.54) is 10.6 Å². The molecule has 0 spiro atoms. The van der Waals surface area contributed by atoms with Gasteiger partial charge in [-0.05, 0) is 20.3 Å². The Morgan fingerprint density at radius 1 is 1.39 bits per heavy atom. The lowest BCUT2D eigenvalue weighted by molar-refractivity contribution is -0.128. The van der Waals surface area contributed by atoms with Gasteiger partial charge in [0.25, 0.3) is 0 Å². The van der Waals surface area contributed by atoms with Crippen LogP contribution in [0.1, 0.15) is 27.2 Å². The Bertz CT molecular complexity index is 366. The van der Waals surface area contributed by atoms with Gasteiger partial charge in [-0.25, -0.2) is 12.7 Å². The van der Waals surface area contributed by atoms with Gasteiger partial charge in [0.2, 0.25) is 15.9 Å². The maximum absolute atomic E-state index is 11.7. The summed E-state index contributed by atoms with van der Waals surface area (Å²) in [6.07, 6.45) is 1.78. The first-order valence-corrected chi connectivity index (χ1v) is 7.93. The van der Waals surface area contributed by atoms with Crippen molar-refractivity contribution in [2.75, 3.05) is 32.4 Å². The van der Waals surface area contributed by atoms with Gasteiger partial charge in [0.1, 0.15) is 0 Å². The van der Waals surface area contributed by atoms with Gasteiger partial charge in [0.15, 0.2) is 0 Å². The molecular formula is C11H25N3O3S. The Morgan fingerprint density at radius 3 is 2.33 bits per heavy atom. The maximum atomic E-state index is 11.7. The SMILES string of the molecule is CCN(CCCNC(=O)C(C)(C)CN)S(C)(=O)=O. The molecule has 0 aliphatic rings. The van der Waals surface area contributed by atoms with Gasteiger partial charge in [-0.3, -0.25) is 4.79 Å². The van der Waals surface area contributed by atoms with Crippen molar-refractivity contribution in [3.05, 3.63) is 0 Å². The number of hydrogen-bond donors (Lipinski definition) is 2. The van der Waals surface area contributed by atoms with Gasteiger partial charge in [-0.1, -0.05) is 6.92 Å². The molecule has 0 aromatic rings. The van der Waals surface area contributed by atoms with E-state index in [4.69, 9.17) is 5.73 Å². The van der Waals surface area contributed by atoms with Crippen LogP contribution < -0.4 is 11.1 Å². The van der Waals surface area contributed by atoms with Crippen molar-refractivity contribution in [1.82, 2.24) is 9.62 Å². The zero-order valence-corrected chi connectivity index (χ0v) is 12.5. The molecule has 0 rings (SSSR count). The number of amides is 1. The molecule has 0 fully saturated rings. The second-order valence-electron chi connectivity index (χ2n) is 4.95. The molecule has 0 atom stereocenters. The summed E-state index contributed by atoms with van der Waals surface area (Å²) < 4.78 is 24.0. The third-order valence-electron chi connectivity index (χ3n) is 2.82. The highest BCUT2D eigenvalue weighted by Crippen LogP contribution is 2.11. The number of rotatable bonds is 8. The Balaban J connectivity index is 4.05. The van der Waals surface area contributed by atoms with Crippen LogP contribution >= 0.6 is 0 Å². The predicted octanol–water partition coefficient (Wildman–Crippen LogP) is -0.241. The summed E-state index contributed by atoms with van der Waals surface area (Å²) >= 11 is 0. The van der Waals surface area contributed by atoms with E-state index in [0.717, 1.165) is 0 Å². The molecule has 0 unspecified atom stereocenters. The van der Waals surface area contributed by atoms with E-state index >= 15 is 0 Å². The minimum atomic E-state index is -3.15. The molecule has 0 saturated carbocycles. The van der Waals surface area contributed by atoms with Crippen LogP contribution in [0.25, 0.3) is 0 Å². The molecule has 6 nitrogen and oxygen atoms in total. The lowest BCUT2D eigenvalue weighted by atomic mass is 9.93. The van der Waals surface area contributed by atoms with Gasteiger partial charge in [-0.15, -0.1) is 0 Å². The average Bonchev–Trinajstić information content (AvgIpc) is 2.26. The topological polar surface area (TPSA) is 92.5 Å². The van der Waals surface area contributed by atoms with Crippen molar-refractivity contribution in [3.63, 3.8) is 0 Å². The monoisotopic (exact) mass is 279 g/mol. The Morgan fingerprint density at radius 2 is 1.94 bits per heavy atom. The van der Waals surface area contributed by atoms with Crippen LogP contribution in [0.4, 0.5) is 0 Å². The van der Waals surface area contributed by atoms with Crippen molar-refractivity contribution in [1.29, 1.82) is 0 Å². The zero-order chi connectivity index (χ0) is 14.4. The van der Waals surface area contributed by atoms with E-state index in [1.54, 1.807) is 20.8 Å². The van der Waals surface area contributed by atoms with Crippen LogP contribution in [-0.4, -0.2) is 51.1 Å². The van der Waals surface area contributed by atoms with Crippen LogP contribution in [0, 0.1) is 5.41 Å². The number of carbonyl (C=O) groups is 1. The van der Waals surface area contributed by atoms with Crippen LogP contribution in [0.5, 0.6) is 0 Å². The molecule has 0 radical (unpaired) electrons. The normalized spacial score (nSPS) is 12.8. The molecular weight excluding hydrogens is 254 g/mol. The third kappa shape index (κ3) is 5.79. The number of nitrogens with two attached hydrogens (primary N) is 1. The molecule has 18 heavy (non-hydrogen) atoms. The van der Waals surface area contributed by atoms with E-state index in [0.29, 0.717) is 26.1 Å². The molecule has 0 heterocycles. The maximum Gasteiger partial charge on any atom is 0.226 e. The van der Waals surface area contributed by atoms with Gasteiger partial charge in [0.05, 0.1) is 11.7 Å². The fourth-order valence-electron chi connectivity index (χ4n) is 1.35. The second kappa shape index (κ2) is 7.06. The number of carbonyl (C=O) groups excluding carboxylic acids is 1. The summed E-state index contributed by atoms with van der Waals surface area (Å²) in [4.78, 5) is 11.7. The molecule has 0 bridgehead atoms. The number of nitrogens with zero attached hydrogens (tertiary/aromatic N) is 1. The molecule has 0 aromatic heterocycles. The summed E-state index contributed by atoms with van der Waals surface area (Å²) in [5.74, 6) is -0.104. The molecule has 0 aliphatic carbocycles. The quantitative estimate of drug-likeness (QED) is 0.600. The second-order valence-corrected chi connectivity index (χ2v) is 6.93. The standard InChI is InChI=1S/C11H25N3O3S/c1-5-14(18(4,16)17)8-6-7-13-10(15)11(2,3)9-12/h5-9,12H2,1-4H3,(H,13,15). The lowest BCUT2D eigenvalue weighted by Gasteiger charge is -2.22. The highest BCUT2D eigenvalue weighted by Gasteiger charge is 2.25. The first-order valence-electron chi connectivity index (χ1n) is 6.08. The lowest BCUT2D eigenvalue weighted by Crippen LogP contribution is -2.42. The summed E-state index contributed by atoms with van der Waals surface area (Å²) in [5.41, 5.74) is 4.91. The van der Waals surface area contributed by atoms with Crippen molar-refractivity contribution >= 4 is 15.9 Å². The molecule has 0 aliphatic heterocycles. The highest BCUT2D eigenvalue weighted by atomic mass is 32.2. The fraction of sp³-hybridized carbons (Fsp3) is 0.909. The van der Waals surface area contributed by atoms with E-state index in [1.807, 2.05) is 0 Å². The Hall–Kier alpha value is -0.660.